The lowest BCUT2D eigenvalue weighted by Crippen LogP contribution is -2.27. The summed E-state index contributed by atoms with van der Waals surface area (Å²) in [4.78, 5) is 26.1. The van der Waals surface area contributed by atoms with Gasteiger partial charge in [-0.25, -0.2) is 4.90 Å². The summed E-state index contributed by atoms with van der Waals surface area (Å²) in [6.07, 6.45) is 1.65. The smallest absolute Gasteiger partial charge is 0.268 e. The van der Waals surface area contributed by atoms with Gasteiger partial charge in [0.25, 0.3) is 11.1 Å². The molecule has 6 heteroatoms. The number of carbonyl (C=O) groups excluding carboxylic acids is 2. The van der Waals surface area contributed by atoms with Gasteiger partial charge in [-0.1, -0.05) is 41.4 Å². The van der Waals surface area contributed by atoms with E-state index in [0.29, 0.717) is 20.6 Å². The molecule has 0 aliphatic carbocycles. The van der Waals surface area contributed by atoms with Gasteiger partial charge >= 0.3 is 0 Å². The van der Waals surface area contributed by atoms with E-state index in [1.165, 1.54) is 0 Å². The van der Waals surface area contributed by atoms with Crippen molar-refractivity contribution in [3.05, 3.63) is 69.0 Å². The number of imide groups is 1. The average Bonchev–Trinajstić information content (AvgIpc) is 2.73. The van der Waals surface area contributed by atoms with Gasteiger partial charge in [-0.15, -0.1) is 0 Å². The lowest BCUT2D eigenvalue weighted by atomic mass is 10.2. The van der Waals surface area contributed by atoms with Gasteiger partial charge in [-0.3, -0.25) is 9.59 Å². The fourth-order valence-corrected chi connectivity index (χ4v) is 3.28. The van der Waals surface area contributed by atoms with Crippen molar-refractivity contribution in [3.63, 3.8) is 0 Å². The van der Waals surface area contributed by atoms with Crippen LogP contribution in [0.25, 0.3) is 6.08 Å². The molecule has 2 amide bonds. The molecule has 0 spiro atoms. The van der Waals surface area contributed by atoms with Crippen molar-refractivity contribution in [2.75, 3.05) is 4.90 Å². The Kier molecular flexibility index (Phi) is 4.25. The lowest BCUT2D eigenvalue weighted by molar-refractivity contribution is -0.113. The van der Waals surface area contributed by atoms with Crippen molar-refractivity contribution in [2.24, 2.45) is 0 Å². The predicted octanol–water partition coefficient (Wildman–Crippen LogP) is 5.23. The summed E-state index contributed by atoms with van der Waals surface area (Å²) in [5.41, 5.74) is 1.23. The molecule has 2 aromatic carbocycles. The maximum Gasteiger partial charge on any atom is 0.298 e. The molecule has 1 heterocycles. The maximum atomic E-state index is 12.5. The van der Waals surface area contributed by atoms with E-state index in [2.05, 4.69) is 0 Å². The second-order valence-electron chi connectivity index (χ2n) is 4.55. The van der Waals surface area contributed by atoms with Crippen molar-refractivity contribution in [2.45, 2.75) is 0 Å². The zero-order valence-corrected chi connectivity index (χ0v) is 13.5. The Hall–Kier alpha value is -1.75. The number of hydrogen-bond donors (Lipinski definition) is 0. The van der Waals surface area contributed by atoms with Gasteiger partial charge in [0.1, 0.15) is 0 Å². The van der Waals surface area contributed by atoms with Crippen molar-refractivity contribution < 1.29 is 9.59 Å². The first-order chi connectivity index (χ1) is 10.5. The van der Waals surface area contributed by atoms with Crippen molar-refractivity contribution >= 4 is 57.9 Å². The number of hydrogen-bond acceptors (Lipinski definition) is 3. The molecule has 0 N–H and O–H groups in total. The Morgan fingerprint density at radius 2 is 1.64 bits per heavy atom. The van der Waals surface area contributed by atoms with Crippen LogP contribution in [0, 0.1) is 0 Å². The predicted molar refractivity (Wildman–Crippen MR) is 91.4 cm³/mol. The molecule has 1 aliphatic heterocycles. The van der Waals surface area contributed by atoms with E-state index >= 15 is 0 Å². The van der Waals surface area contributed by atoms with E-state index in [-0.39, 0.29) is 11.1 Å². The fourth-order valence-electron chi connectivity index (χ4n) is 2.05. The molecule has 0 unspecified atom stereocenters. The summed E-state index contributed by atoms with van der Waals surface area (Å²) in [7, 11) is 0. The first-order valence-corrected chi connectivity index (χ1v) is 7.91. The minimum atomic E-state index is -0.364. The quantitative estimate of drug-likeness (QED) is 0.696. The van der Waals surface area contributed by atoms with Crippen LogP contribution in [0.4, 0.5) is 10.5 Å². The molecule has 0 atom stereocenters. The minimum absolute atomic E-state index is 0.347. The third kappa shape index (κ3) is 3.04. The highest BCUT2D eigenvalue weighted by molar-refractivity contribution is 8.19. The van der Waals surface area contributed by atoms with Crippen LogP contribution < -0.4 is 4.90 Å². The number of nitrogens with zero attached hydrogens (tertiary/aromatic N) is 1. The van der Waals surface area contributed by atoms with Crippen LogP contribution in [0.2, 0.25) is 10.0 Å². The zero-order chi connectivity index (χ0) is 15.7. The standard InChI is InChI=1S/C16H9Cl2NO2S/c17-11-4-1-3-10(7-11)8-14-15(20)19(16(21)22-14)13-6-2-5-12(18)9-13/h1-9H/b14-8+. The monoisotopic (exact) mass is 349 g/mol. The summed E-state index contributed by atoms with van der Waals surface area (Å²) in [5.74, 6) is -0.364. The minimum Gasteiger partial charge on any atom is -0.268 e. The van der Waals surface area contributed by atoms with Crippen LogP contribution in [-0.4, -0.2) is 11.1 Å². The highest BCUT2D eigenvalue weighted by Crippen LogP contribution is 2.36. The lowest BCUT2D eigenvalue weighted by Gasteiger charge is -2.12. The second-order valence-corrected chi connectivity index (χ2v) is 6.42. The zero-order valence-electron chi connectivity index (χ0n) is 11.1. The molecule has 1 fully saturated rings. The van der Waals surface area contributed by atoms with Gasteiger partial charge < -0.3 is 0 Å². The summed E-state index contributed by atoms with van der Waals surface area (Å²) < 4.78 is 0. The molecule has 0 aromatic heterocycles. The Morgan fingerprint density at radius 1 is 0.955 bits per heavy atom. The molecule has 0 radical (unpaired) electrons. The summed E-state index contributed by atoms with van der Waals surface area (Å²) >= 11 is 12.7. The van der Waals surface area contributed by atoms with Gasteiger partial charge in [-0.2, -0.15) is 0 Å². The van der Waals surface area contributed by atoms with Crippen LogP contribution in [0.1, 0.15) is 5.56 Å². The highest BCUT2D eigenvalue weighted by Gasteiger charge is 2.36. The van der Waals surface area contributed by atoms with Crippen LogP contribution in [0.3, 0.4) is 0 Å². The van der Waals surface area contributed by atoms with Crippen molar-refractivity contribution in [1.82, 2.24) is 0 Å². The SMILES string of the molecule is O=C1S/C(=C/c2cccc(Cl)c2)C(=O)N1c1cccc(Cl)c1. The highest BCUT2D eigenvalue weighted by atomic mass is 35.5. The fraction of sp³-hybridized carbons (Fsp3) is 0. The Bertz CT molecular complexity index is 804. The number of benzene rings is 2. The molecule has 1 aliphatic rings. The van der Waals surface area contributed by atoms with E-state index in [1.54, 1.807) is 48.5 Å². The van der Waals surface area contributed by atoms with Gasteiger partial charge in [0, 0.05) is 10.0 Å². The number of amides is 2. The molecule has 0 bridgehead atoms. The van der Waals surface area contributed by atoms with E-state index in [9.17, 15) is 9.59 Å². The van der Waals surface area contributed by atoms with Crippen LogP contribution >= 0.6 is 35.0 Å². The summed E-state index contributed by atoms with van der Waals surface area (Å²) in [5, 5.41) is 0.693. The average molecular weight is 350 g/mol. The number of halogens is 2. The van der Waals surface area contributed by atoms with E-state index in [0.717, 1.165) is 22.2 Å². The van der Waals surface area contributed by atoms with Gasteiger partial charge in [0.15, 0.2) is 0 Å². The Morgan fingerprint density at radius 3 is 2.32 bits per heavy atom. The molecular formula is C16H9Cl2NO2S. The molecule has 2 aromatic rings. The third-order valence-electron chi connectivity index (χ3n) is 3.01. The molecule has 0 saturated carbocycles. The van der Waals surface area contributed by atoms with Crippen LogP contribution in [-0.2, 0) is 4.79 Å². The molecule has 3 rings (SSSR count). The second kappa shape index (κ2) is 6.16. The topological polar surface area (TPSA) is 37.4 Å². The largest absolute Gasteiger partial charge is 0.298 e. The first-order valence-electron chi connectivity index (χ1n) is 6.34. The third-order valence-corrected chi connectivity index (χ3v) is 4.35. The van der Waals surface area contributed by atoms with Crippen LogP contribution in [0.5, 0.6) is 0 Å². The summed E-state index contributed by atoms with van der Waals surface area (Å²) in [6, 6.07) is 13.7. The van der Waals surface area contributed by atoms with Crippen LogP contribution in [0.15, 0.2) is 53.4 Å². The molecule has 110 valence electrons. The van der Waals surface area contributed by atoms with Gasteiger partial charge in [-0.05, 0) is 53.7 Å². The summed E-state index contributed by atoms with van der Waals surface area (Å²) in [6.45, 7) is 0. The van der Waals surface area contributed by atoms with E-state index < -0.39 is 0 Å². The van der Waals surface area contributed by atoms with Gasteiger partial charge in [0.2, 0.25) is 0 Å². The molecular weight excluding hydrogens is 341 g/mol. The van der Waals surface area contributed by atoms with E-state index in [4.69, 9.17) is 23.2 Å². The molecule has 3 nitrogen and oxygen atoms in total. The van der Waals surface area contributed by atoms with E-state index in [1.807, 2.05) is 6.07 Å². The Labute approximate surface area is 141 Å². The number of carbonyl (C=O) groups is 2. The molecule has 1 saturated heterocycles. The normalized spacial score (nSPS) is 16.6. The van der Waals surface area contributed by atoms with Gasteiger partial charge in [0.05, 0.1) is 10.6 Å². The van der Waals surface area contributed by atoms with Crippen molar-refractivity contribution in [3.8, 4) is 0 Å². The Balaban J connectivity index is 1.95. The molecule has 22 heavy (non-hydrogen) atoms. The first kappa shape index (κ1) is 15.2. The van der Waals surface area contributed by atoms with Crippen molar-refractivity contribution in [1.29, 1.82) is 0 Å². The number of anilines is 1. The number of rotatable bonds is 2. The maximum absolute atomic E-state index is 12.5. The number of thioether (sulfide) groups is 1.